The van der Waals surface area contributed by atoms with Crippen LogP contribution in [0.3, 0.4) is 0 Å². The first-order valence-electron chi connectivity index (χ1n) is 10.3. The molecule has 9 heteroatoms. The van der Waals surface area contributed by atoms with Gasteiger partial charge in [0.1, 0.15) is 11.3 Å². The molecule has 0 aliphatic rings. The number of ether oxygens (including phenoxy) is 2. The predicted molar refractivity (Wildman–Crippen MR) is 120 cm³/mol. The van der Waals surface area contributed by atoms with Gasteiger partial charge in [-0.15, -0.1) is 11.3 Å². The Morgan fingerprint density at radius 2 is 1.91 bits per heavy atom. The summed E-state index contributed by atoms with van der Waals surface area (Å²) in [7, 11) is 0. The zero-order valence-corrected chi connectivity index (χ0v) is 18.6. The highest BCUT2D eigenvalue weighted by Crippen LogP contribution is 2.27. The van der Waals surface area contributed by atoms with Crippen molar-refractivity contribution in [2.24, 2.45) is 0 Å². The largest absolute Gasteiger partial charge is 0.466 e. The van der Waals surface area contributed by atoms with Gasteiger partial charge in [-0.25, -0.2) is 4.79 Å². The van der Waals surface area contributed by atoms with Gasteiger partial charge in [0.05, 0.1) is 18.0 Å². The average Bonchev–Trinajstić information content (AvgIpc) is 3.46. The number of carbonyl (C=O) groups excluding carboxylic acids is 3. The predicted octanol–water partition coefficient (Wildman–Crippen LogP) is 3.28. The second kappa shape index (κ2) is 11.8. The fraction of sp³-hybridized carbons (Fsp3) is 0.304. The van der Waals surface area contributed by atoms with Gasteiger partial charge in [0, 0.05) is 19.2 Å². The lowest BCUT2D eigenvalue weighted by atomic mass is 10.2. The van der Waals surface area contributed by atoms with Gasteiger partial charge in [-0.1, -0.05) is 36.4 Å². The molecule has 1 amide bonds. The van der Waals surface area contributed by atoms with E-state index in [0.29, 0.717) is 37.4 Å². The Bertz CT molecular complexity index is 1030. The van der Waals surface area contributed by atoms with E-state index in [1.165, 1.54) is 11.3 Å². The van der Waals surface area contributed by atoms with Crippen molar-refractivity contribution >= 4 is 29.2 Å². The van der Waals surface area contributed by atoms with Crippen molar-refractivity contribution in [3.05, 3.63) is 65.2 Å². The lowest BCUT2D eigenvalue weighted by Crippen LogP contribution is -2.30. The lowest BCUT2D eigenvalue weighted by Gasteiger charge is -2.06. The Kier molecular flexibility index (Phi) is 8.56. The molecule has 1 N–H and O–H groups in total. The molecule has 0 bridgehead atoms. The molecular weight excluding hydrogens is 430 g/mol. The maximum atomic E-state index is 12.7. The summed E-state index contributed by atoms with van der Waals surface area (Å²) in [6, 6.07) is 13.6. The third-order valence-corrected chi connectivity index (χ3v) is 5.32. The molecule has 32 heavy (non-hydrogen) atoms. The van der Waals surface area contributed by atoms with E-state index in [4.69, 9.17) is 9.47 Å². The molecule has 0 saturated carbocycles. The Morgan fingerprint density at radius 3 is 2.62 bits per heavy atom. The summed E-state index contributed by atoms with van der Waals surface area (Å²) in [4.78, 5) is 36.8. The van der Waals surface area contributed by atoms with Crippen molar-refractivity contribution < 1.29 is 23.9 Å². The zero-order valence-electron chi connectivity index (χ0n) is 17.8. The smallest absolute Gasteiger partial charge is 0.342 e. The van der Waals surface area contributed by atoms with Crippen molar-refractivity contribution in [3.63, 3.8) is 0 Å². The van der Waals surface area contributed by atoms with Gasteiger partial charge in [0.25, 0.3) is 5.91 Å². The minimum absolute atomic E-state index is 0.221. The monoisotopic (exact) mass is 455 g/mol. The number of benzene rings is 1. The Morgan fingerprint density at radius 1 is 1.09 bits per heavy atom. The minimum atomic E-state index is -0.616. The molecule has 0 atom stereocenters. The van der Waals surface area contributed by atoms with Crippen LogP contribution in [0.1, 0.15) is 35.7 Å². The van der Waals surface area contributed by atoms with Gasteiger partial charge in [0.2, 0.25) is 0 Å². The van der Waals surface area contributed by atoms with Gasteiger partial charge in [-0.2, -0.15) is 5.10 Å². The quantitative estimate of drug-likeness (QED) is 0.352. The van der Waals surface area contributed by atoms with E-state index in [1.807, 2.05) is 47.8 Å². The number of nitrogens with one attached hydrogen (secondary N) is 1. The van der Waals surface area contributed by atoms with Crippen molar-refractivity contribution in [2.75, 3.05) is 19.8 Å². The normalized spacial score (nSPS) is 10.5. The van der Waals surface area contributed by atoms with Crippen LogP contribution in [0.2, 0.25) is 0 Å². The fourth-order valence-electron chi connectivity index (χ4n) is 2.97. The molecule has 0 unspecified atom stereocenters. The molecule has 2 heterocycles. The number of thiophene rings is 1. The lowest BCUT2D eigenvalue weighted by molar-refractivity contribution is -0.143. The summed E-state index contributed by atoms with van der Waals surface area (Å²) in [5.74, 6) is -1.35. The number of amides is 1. The van der Waals surface area contributed by atoms with Crippen LogP contribution < -0.4 is 5.32 Å². The highest BCUT2D eigenvalue weighted by molar-refractivity contribution is 7.13. The number of nitrogens with zero attached hydrogens (tertiary/aromatic N) is 2. The Labute approximate surface area is 190 Å². The highest BCUT2D eigenvalue weighted by atomic mass is 32.1. The molecule has 1 aromatic carbocycles. The molecule has 8 nitrogen and oxygen atoms in total. The van der Waals surface area contributed by atoms with Crippen molar-refractivity contribution in [2.45, 2.75) is 26.3 Å². The Balaban J connectivity index is 1.58. The molecule has 3 rings (SSSR count). The Hall–Kier alpha value is -3.46. The van der Waals surface area contributed by atoms with Crippen LogP contribution in [-0.4, -0.2) is 47.4 Å². The number of hydrogen-bond acceptors (Lipinski definition) is 7. The van der Waals surface area contributed by atoms with Gasteiger partial charge in [-0.3, -0.25) is 14.3 Å². The fourth-order valence-corrected chi connectivity index (χ4v) is 3.69. The summed E-state index contributed by atoms with van der Waals surface area (Å²) in [5.41, 5.74) is 1.88. The maximum absolute atomic E-state index is 12.7. The molecule has 0 aliphatic heterocycles. The average molecular weight is 456 g/mol. The topological polar surface area (TPSA) is 99.5 Å². The van der Waals surface area contributed by atoms with Crippen molar-refractivity contribution in [1.29, 1.82) is 0 Å². The zero-order chi connectivity index (χ0) is 22.8. The van der Waals surface area contributed by atoms with Crippen LogP contribution in [0.25, 0.3) is 10.6 Å². The first-order valence-corrected chi connectivity index (χ1v) is 11.2. The standard InChI is InChI=1S/C23H25N3O5S/c1-2-30-21(28)11-6-12-24-20(27)16-31-23(29)18-15-26(14-17-8-4-3-5-9-17)25-22(18)19-10-7-13-32-19/h3-5,7-10,13,15H,2,6,11-12,14,16H2,1H3,(H,24,27). The van der Waals surface area contributed by atoms with E-state index in [-0.39, 0.29) is 12.4 Å². The molecule has 0 aliphatic carbocycles. The van der Waals surface area contributed by atoms with E-state index < -0.39 is 18.5 Å². The third-order valence-electron chi connectivity index (χ3n) is 4.44. The number of aromatic nitrogens is 2. The molecular formula is C23H25N3O5S. The van der Waals surface area contributed by atoms with E-state index in [1.54, 1.807) is 17.8 Å². The van der Waals surface area contributed by atoms with Crippen molar-refractivity contribution in [3.8, 4) is 10.6 Å². The van der Waals surface area contributed by atoms with E-state index in [0.717, 1.165) is 10.4 Å². The molecule has 0 spiro atoms. The molecule has 0 radical (unpaired) electrons. The molecule has 2 aromatic heterocycles. The van der Waals surface area contributed by atoms with Gasteiger partial charge < -0.3 is 14.8 Å². The summed E-state index contributed by atoms with van der Waals surface area (Å²) < 4.78 is 11.7. The number of carbonyl (C=O) groups is 3. The van der Waals surface area contributed by atoms with Crippen LogP contribution in [0.5, 0.6) is 0 Å². The van der Waals surface area contributed by atoms with Crippen LogP contribution in [0.4, 0.5) is 0 Å². The first-order chi connectivity index (χ1) is 15.6. The highest BCUT2D eigenvalue weighted by Gasteiger charge is 2.21. The summed E-state index contributed by atoms with van der Waals surface area (Å²) in [6.07, 6.45) is 2.31. The molecule has 0 saturated heterocycles. The SMILES string of the molecule is CCOC(=O)CCCNC(=O)COC(=O)c1cn(Cc2ccccc2)nc1-c1cccs1. The molecule has 168 valence electrons. The first kappa shape index (κ1) is 23.2. The van der Waals surface area contributed by atoms with Crippen LogP contribution in [0, 0.1) is 0 Å². The number of rotatable bonds is 11. The molecule has 0 fully saturated rings. The summed E-state index contributed by atoms with van der Waals surface area (Å²) in [5, 5.41) is 9.10. The van der Waals surface area contributed by atoms with Gasteiger partial charge in [-0.05, 0) is 30.4 Å². The summed E-state index contributed by atoms with van der Waals surface area (Å²) >= 11 is 1.47. The van der Waals surface area contributed by atoms with Crippen LogP contribution in [-0.2, 0) is 25.6 Å². The van der Waals surface area contributed by atoms with Gasteiger partial charge >= 0.3 is 11.9 Å². The second-order valence-corrected chi connectivity index (χ2v) is 7.83. The van der Waals surface area contributed by atoms with Crippen LogP contribution in [0.15, 0.2) is 54.0 Å². The van der Waals surface area contributed by atoms with Crippen molar-refractivity contribution in [1.82, 2.24) is 15.1 Å². The minimum Gasteiger partial charge on any atom is -0.466 e. The molecule has 3 aromatic rings. The maximum Gasteiger partial charge on any atom is 0.342 e. The number of hydrogen-bond donors (Lipinski definition) is 1. The summed E-state index contributed by atoms with van der Waals surface area (Å²) in [6.45, 7) is 2.46. The number of esters is 2. The second-order valence-electron chi connectivity index (χ2n) is 6.89. The third kappa shape index (κ3) is 6.78. The van der Waals surface area contributed by atoms with Gasteiger partial charge in [0.15, 0.2) is 6.61 Å². The van der Waals surface area contributed by atoms with E-state index in [2.05, 4.69) is 10.4 Å². The van der Waals surface area contributed by atoms with Crippen LogP contribution >= 0.6 is 11.3 Å². The van der Waals surface area contributed by atoms with E-state index >= 15 is 0 Å². The van der Waals surface area contributed by atoms with E-state index in [9.17, 15) is 14.4 Å².